The first-order chi connectivity index (χ1) is 16.1. The van der Waals surface area contributed by atoms with Gasteiger partial charge in [0.1, 0.15) is 30.6 Å². The fourth-order valence-corrected chi connectivity index (χ4v) is 5.69. The highest BCUT2D eigenvalue weighted by molar-refractivity contribution is 7.61. The molecule has 10 atom stereocenters. The van der Waals surface area contributed by atoms with Crippen molar-refractivity contribution in [2.24, 2.45) is 5.92 Å². The van der Waals surface area contributed by atoms with Crippen LogP contribution in [0.5, 0.6) is 0 Å². The number of ketones is 1. The number of nitrogens with one attached hydrogen (secondary N) is 1. The molecule has 0 saturated carbocycles. The van der Waals surface area contributed by atoms with Crippen LogP contribution in [0.1, 0.15) is 20.3 Å². The van der Waals surface area contributed by atoms with Crippen molar-refractivity contribution < 1.29 is 71.5 Å². The quantitative estimate of drug-likeness (QED) is 0.178. The van der Waals surface area contributed by atoms with Crippen LogP contribution in [0.25, 0.3) is 0 Å². The molecule has 0 aliphatic carbocycles. The summed E-state index contributed by atoms with van der Waals surface area (Å²) in [4.78, 5) is 55.9. The normalized spacial score (nSPS) is 39.7. The molecule has 17 nitrogen and oxygen atoms in total. The van der Waals surface area contributed by atoms with E-state index in [1.165, 1.54) is 6.92 Å². The van der Waals surface area contributed by atoms with Crippen molar-refractivity contribution in [3.05, 3.63) is 0 Å². The topological polar surface area (TPSA) is 248 Å². The van der Waals surface area contributed by atoms with Crippen LogP contribution in [0.4, 0.5) is 4.79 Å². The molecule has 0 aromatic heterocycles. The predicted molar refractivity (Wildman–Crippen MR) is 108 cm³/mol. The first-order valence-electron chi connectivity index (χ1n) is 10.3. The summed E-state index contributed by atoms with van der Waals surface area (Å²) in [5.74, 6) is -1.93. The van der Waals surface area contributed by atoms with Crippen molar-refractivity contribution in [1.82, 2.24) is 10.2 Å². The van der Waals surface area contributed by atoms with E-state index in [0.29, 0.717) is 0 Å². The number of imide groups is 1. The van der Waals surface area contributed by atoms with E-state index >= 15 is 0 Å². The summed E-state index contributed by atoms with van der Waals surface area (Å²) in [7, 11) is -10.8. The molecule has 3 aliphatic rings. The van der Waals surface area contributed by atoms with Crippen LogP contribution in [-0.4, -0.2) is 104 Å². The highest BCUT2D eigenvalue weighted by Crippen LogP contribution is 2.61. The largest absolute Gasteiger partial charge is 0.483 e. The van der Waals surface area contributed by atoms with Crippen molar-refractivity contribution in [3.8, 4) is 0 Å². The van der Waals surface area contributed by atoms with E-state index in [-0.39, 0.29) is 13.0 Å². The smallest absolute Gasteiger partial charge is 0.390 e. The summed E-state index contributed by atoms with van der Waals surface area (Å²) in [5.41, 5.74) is 0. The molecule has 3 amide bonds. The summed E-state index contributed by atoms with van der Waals surface area (Å²) in [6.07, 6.45) is -11.1. The van der Waals surface area contributed by atoms with E-state index in [1.54, 1.807) is 6.92 Å². The van der Waals surface area contributed by atoms with Crippen LogP contribution in [-0.2, 0) is 41.6 Å². The van der Waals surface area contributed by atoms with Gasteiger partial charge in [-0.25, -0.2) is 13.9 Å². The number of aliphatic hydroxyl groups excluding tert-OH is 3. The Morgan fingerprint density at radius 1 is 1.09 bits per heavy atom. The number of urea groups is 1. The predicted octanol–water partition coefficient (Wildman–Crippen LogP) is -2.06. The second kappa shape index (κ2) is 10.6. The fourth-order valence-electron chi connectivity index (χ4n) is 3.53. The van der Waals surface area contributed by atoms with Crippen LogP contribution in [0, 0.1) is 5.92 Å². The maximum atomic E-state index is 12.2. The average molecular weight is 548 g/mol. The van der Waals surface area contributed by atoms with Crippen molar-refractivity contribution in [2.75, 3.05) is 13.2 Å². The van der Waals surface area contributed by atoms with Crippen molar-refractivity contribution in [2.45, 2.75) is 63.3 Å². The molecular weight excluding hydrogens is 522 g/mol. The van der Waals surface area contributed by atoms with E-state index < -0.39 is 88.9 Å². The number of phosphoric ester groups is 2. The van der Waals surface area contributed by atoms with E-state index in [0.717, 1.165) is 4.90 Å². The maximum absolute atomic E-state index is 12.2. The Hall–Kier alpha value is -1.33. The van der Waals surface area contributed by atoms with Gasteiger partial charge in [-0.2, -0.15) is 4.31 Å². The molecule has 2 unspecified atom stereocenters. The number of carbonyl (C=O) groups is 3. The van der Waals surface area contributed by atoms with Gasteiger partial charge in [0.05, 0.1) is 18.6 Å². The molecule has 0 aromatic carbocycles. The Labute approximate surface area is 198 Å². The summed E-state index contributed by atoms with van der Waals surface area (Å²) in [6.45, 7) is 1.94. The van der Waals surface area contributed by atoms with E-state index in [1.807, 2.05) is 0 Å². The van der Waals surface area contributed by atoms with Crippen LogP contribution in [0.2, 0.25) is 0 Å². The third-order valence-corrected chi connectivity index (χ3v) is 8.04. The van der Waals surface area contributed by atoms with Gasteiger partial charge in [-0.15, -0.1) is 0 Å². The summed E-state index contributed by atoms with van der Waals surface area (Å²) >= 11 is 0. The first kappa shape index (κ1) is 28.2. The zero-order chi connectivity index (χ0) is 26.3. The SMILES string of the molecule is C[C@@H]1CN([C@H]2C[C@H](O)[C@@H](COP(=O)(O)OP(=O)(O)O[C@H]3O[C@H](C)C(=O)[C@H](O)[C@H]3O)O2)C(=O)NC1=O. The molecule has 19 heteroatoms. The average Bonchev–Trinajstić information content (AvgIpc) is 3.11. The Kier molecular flexibility index (Phi) is 8.53. The van der Waals surface area contributed by atoms with E-state index in [2.05, 4.69) is 18.7 Å². The lowest BCUT2D eigenvalue weighted by Gasteiger charge is -2.34. The molecule has 6 N–H and O–H groups in total. The van der Waals surface area contributed by atoms with Crippen LogP contribution >= 0.6 is 15.6 Å². The second-order valence-electron chi connectivity index (χ2n) is 8.18. The van der Waals surface area contributed by atoms with Gasteiger partial charge in [0.25, 0.3) is 0 Å². The van der Waals surface area contributed by atoms with E-state index in [9.17, 15) is 48.6 Å². The highest BCUT2D eigenvalue weighted by Gasteiger charge is 2.48. The van der Waals surface area contributed by atoms with Crippen LogP contribution < -0.4 is 5.32 Å². The second-order valence-corrected chi connectivity index (χ2v) is 11.2. The Morgan fingerprint density at radius 3 is 2.40 bits per heavy atom. The Balaban J connectivity index is 1.54. The molecular formula is C16H26N2O15P2. The zero-order valence-corrected chi connectivity index (χ0v) is 20.2. The highest BCUT2D eigenvalue weighted by atomic mass is 31.3. The number of hydrogen-bond acceptors (Lipinski definition) is 13. The fraction of sp³-hybridized carbons (Fsp3) is 0.812. The number of rotatable bonds is 8. The van der Waals surface area contributed by atoms with Crippen molar-refractivity contribution in [1.29, 1.82) is 0 Å². The molecule has 35 heavy (non-hydrogen) atoms. The van der Waals surface area contributed by atoms with Gasteiger partial charge < -0.3 is 34.6 Å². The van der Waals surface area contributed by atoms with Gasteiger partial charge in [-0.1, -0.05) is 6.92 Å². The van der Waals surface area contributed by atoms with Crippen LogP contribution in [0.15, 0.2) is 0 Å². The minimum atomic E-state index is -5.47. The summed E-state index contributed by atoms with van der Waals surface area (Å²) < 4.78 is 47.8. The van der Waals surface area contributed by atoms with Crippen LogP contribution in [0.3, 0.4) is 0 Å². The lowest BCUT2D eigenvalue weighted by molar-refractivity contribution is -0.226. The van der Waals surface area contributed by atoms with Gasteiger partial charge in [0.2, 0.25) is 5.91 Å². The van der Waals surface area contributed by atoms with Gasteiger partial charge in [-0.3, -0.25) is 28.9 Å². The molecule has 3 aliphatic heterocycles. The number of ether oxygens (including phenoxy) is 2. The zero-order valence-electron chi connectivity index (χ0n) is 18.4. The number of nitrogens with zero attached hydrogens (tertiary/aromatic N) is 1. The lowest BCUT2D eigenvalue weighted by atomic mass is 10.0. The number of aliphatic hydroxyl groups is 3. The molecule has 3 rings (SSSR count). The minimum Gasteiger partial charge on any atom is -0.390 e. The van der Waals surface area contributed by atoms with Crippen molar-refractivity contribution in [3.63, 3.8) is 0 Å². The number of hydrogen-bond donors (Lipinski definition) is 6. The third-order valence-electron chi connectivity index (χ3n) is 5.44. The molecule has 200 valence electrons. The van der Waals surface area contributed by atoms with Gasteiger partial charge >= 0.3 is 21.7 Å². The molecule has 0 bridgehead atoms. The third kappa shape index (κ3) is 6.71. The minimum absolute atomic E-state index is 0.0102. The standard InChI is InChI=1S/C16H26N2O15P2/c1-6-4-18(16(24)17-14(6)23)10-3-8(19)9(31-10)5-29-34(25,26)33-35(27,28)32-15-13(22)12(21)11(20)7(2)30-15/h6-10,12-13,15,19,21-22H,3-5H2,1-2H3,(H,25,26)(H,27,28)(H,17,23,24)/t6-,7-,8+,9-,10-,12+,13-,15-/m1/s1. The molecule has 3 saturated heterocycles. The van der Waals surface area contributed by atoms with Gasteiger partial charge in [-0.05, 0) is 6.92 Å². The molecule has 3 fully saturated rings. The van der Waals surface area contributed by atoms with Gasteiger partial charge in [0.15, 0.2) is 12.1 Å². The van der Waals surface area contributed by atoms with Crippen molar-refractivity contribution >= 4 is 33.4 Å². The number of amides is 3. The number of phosphoric acid groups is 2. The summed E-state index contributed by atoms with van der Waals surface area (Å²) in [6, 6.07) is -0.741. The monoisotopic (exact) mass is 548 g/mol. The lowest BCUT2D eigenvalue weighted by Crippen LogP contribution is -2.57. The number of carbonyl (C=O) groups excluding carboxylic acids is 3. The molecule has 3 heterocycles. The first-order valence-corrected chi connectivity index (χ1v) is 13.3. The molecule has 0 radical (unpaired) electrons. The molecule has 0 aromatic rings. The maximum Gasteiger partial charge on any atom is 0.483 e. The Morgan fingerprint density at radius 2 is 1.74 bits per heavy atom. The number of Topliss-reactive ketones (excluding diaryl/α,β-unsaturated/α-hetero) is 1. The Bertz CT molecular complexity index is 948. The molecule has 0 spiro atoms. The summed E-state index contributed by atoms with van der Waals surface area (Å²) in [5, 5.41) is 31.7. The van der Waals surface area contributed by atoms with Gasteiger partial charge in [0, 0.05) is 13.0 Å². The van der Waals surface area contributed by atoms with E-state index in [4.69, 9.17) is 9.47 Å².